The monoisotopic (exact) mass is 547 g/mol. The van der Waals surface area contributed by atoms with Gasteiger partial charge in [0.05, 0.1) is 17.7 Å². The van der Waals surface area contributed by atoms with Crippen LogP contribution in [0.4, 0.5) is 0 Å². The molecular weight excluding hydrogens is 502 g/mol. The van der Waals surface area contributed by atoms with Crippen molar-refractivity contribution in [2.24, 2.45) is 11.3 Å². The van der Waals surface area contributed by atoms with Gasteiger partial charge in [0.2, 0.25) is 5.91 Å². The number of hydrogen-bond donors (Lipinski definition) is 1. The Balaban J connectivity index is 1.39. The average molecular weight is 548 g/mol. The normalized spacial score (nSPS) is 22.9. The summed E-state index contributed by atoms with van der Waals surface area (Å²) in [6.07, 6.45) is 13.7. The van der Waals surface area contributed by atoms with E-state index >= 15 is 0 Å². The minimum absolute atomic E-state index is 0.124. The van der Waals surface area contributed by atoms with Crippen molar-refractivity contribution < 1.29 is 14.7 Å². The molecular formula is C33H45N3O4. The second-order valence-electron chi connectivity index (χ2n) is 12.8. The molecule has 5 rings (SSSR count). The van der Waals surface area contributed by atoms with Crippen LogP contribution in [0.3, 0.4) is 0 Å². The predicted molar refractivity (Wildman–Crippen MR) is 157 cm³/mol. The lowest BCUT2D eigenvalue weighted by Crippen LogP contribution is -2.62. The summed E-state index contributed by atoms with van der Waals surface area (Å²) < 4.78 is 1.53. The third-order valence-electron chi connectivity index (χ3n) is 9.96. The van der Waals surface area contributed by atoms with Crippen LogP contribution in [-0.4, -0.2) is 64.1 Å². The van der Waals surface area contributed by atoms with Crippen molar-refractivity contribution >= 4 is 11.8 Å². The van der Waals surface area contributed by atoms with E-state index in [2.05, 4.69) is 0 Å². The summed E-state index contributed by atoms with van der Waals surface area (Å²) in [5.41, 5.74) is 0.0521. The van der Waals surface area contributed by atoms with Gasteiger partial charge in [-0.2, -0.15) is 0 Å². The molecule has 2 saturated carbocycles. The van der Waals surface area contributed by atoms with Gasteiger partial charge >= 0.3 is 0 Å². The topological polar surface area (TPSA) is 82.8 Å². The number of carbonyl (C=O) groups is 2. The molecule has 0 radical (unpaired) electrons. The first-order valence-electron chi connectivity index (χ1n) is 15.2. The van der Waals surface area contributed by atoms with E-state index in [1.54, 1.807) is 20.3 Å². The van der Waals surface area contributed by atoms with Crippen LogP contribution in [0.15, 0.2) is 47.4 Å². The van der Waals surface area contributed by atoms with Gasteiger partial charge in [0, 0.05) is 56.8 Å². The summed E-state index contributed by atoms with van der Waals surface area (Å²) in [4.78, 5) is 43.5. The SMILES string of the molecule is CN(C)C(=O)c1cn(CC2(O)CCN(C(=O)CCC3CCCCC3)CC23CCCC3)c(=O)cc1-c1ccccc1. The molecule has 2 aromatic rings. The number of rotatable bonds is 7. The number of carbonyl (C=O) groups excluding carboxylic acids is 2. The van der Waals surface area contributed by atoms with Crippen molar-refractivity contribution in [2.75, 3.05) is 27.2 Å². The number of aliphatic hydroxyl groups is 1. The fourth-order valence-corrected chi connectivity index (χ4v) is 7.52. The largest absolute Gasteiger partial charge is 0.387 e. The maximum absolute atomic E-state index is 13.4. The van der Waals surface area contributed by atoms with Crippen LogP contribution >= 0.6 is 0 Å². The maximum atomic E-state index is 13.4. The molecule has 40 heavy (non-hydrogen) atoms. The van der Waals surface area contributed by atoms with E-state index in [1.165, 1.54) is 47.6 Å². The Hall–Kier alpha value is -2.93. The van der Waals surface area contributed by atoms with Gasteiger partial charge in [-0.3, -0.25) is 14.4 Å². The highest BCUT2D eigenvalue weighted by Crippen LogP contribution is 2.51. The maximum Gasteiger partial charge on any atom is 0.255 e. The summed E-state index contributed by atoms with van der Waals surface area (Å²) in [5.74, 6) is 0.695. The molecule has 216 valence electrons. The van der Waals surface area contributed by atoms with Crippen LogP contribution in [0.1, 0.15) is 87.4 Å². The van der Waals surface area contributed by atoms with E-state index in [-0.39, 0.29) is 23.9 Å². The highest BCUT2D eigenvalue weighted by atomic mass is 16.3. The second-order valence-corrected chi connectivity index (χ2v) is 12.8. The van der Waals surface area contributed by atoms with Gasteiger partial charge < -0.3 is 19.5 Å². The van der Waals surface area contributed by atoms with Crippen LogP contribution in [0.2, 0.25) is 0 Å². The minimum atomic E-state index is -1.12. The molecule has 3 aliphatic rings. The summed E-state index contributed by atoms with van der Waals surface area (Å²) in [6, 6.07) is 11.0. The first kappa shape index (κ1) is 28.6. The summed E-state index contributed by atoms with van der Waals surface area (Å²) in [5, 5.41) is 12.3. The molecule has 2 aliphatic carbocycles. The zero-order valence-corrected chi connectivity index (χ0v) is 24.2. The Kier molecular flexibility index (Phi) is 8.50. The Morgan fingerprint density at radius 1 is 1.00 bits per heavy atom. The standard InChI is InChI=1S/C33H45N3O4/c1-34(2)31(39)28-22-36(30(38)21-27(28)26-13-7-4-8-14-26)24-33(40)19-20-35(23-32(33)17-9-10-18-32)29(37)16-15-25-11-5-3-6-12-25/h4,7-8,13-14,21-22,25,40H,3,5-6,9-12,15-20,23-24H2,1-2H3. The van der Waals surface area contributed by atoms with Gasteiger partial charge in [0.25, 0.3) is 11.5 Å². The zero-order valence-electron chi connectivity index (χ0n) is 24.2. The minimum Gasteiger partial charge on any atom is -0.387 e. The molecule has 1 spiro atoms. The number of aromatic nitrogens is 1. The first-order chi connectivity index (χ1) is 19.2. The molecule has 7 heteroatoms. The fourth-order valence-electron chi connectivity index (χ4n) is 7.52. The highest BCUT2D eigenvalue weighted by Gasteiger charge is 2.55. The molecule has 3 fully saturated rings. The Bertz CT molecular complexity index is 1260. The number of pyridine rings is 1. The molecule has 0 bridgehead atoms. The van der Waals surface area contributed by atoms with Crippen molar-refractivity contribution in [1.29, 1.82) is 0 Å². The molecule has 1 aromatic heterocycles. The van der Waals surface area contributed by atoms with Crippen LogP contribution < -0.4 is 5.56 Å². The van der Waals surface area contributed by atoms with Crippen LogP contribution in [-0.2, 0) is 11.3 Å². The smallest absolute Gasteiger partial charge is 0.255 e. The number of benzene rings is 1. The molecule has 1 aliphatic heterocycles. The molecule has 2 heterocycles. The van der Waals surface area contributed by atoms with Crippen molar-refractivity contribution in [1.82, 2.24) is 14.4 Å². The molecule has 2 amide bonds. The summed E-state index contributed by atoms with van der Waals surface area (Å²) in [6.45, 7) is 1.17. The first-order valence-corrected chi connectivity index (χ1v) is 15.2. The van der Waals surface area contributed by atoms with Gasteiger partial charge in [0.1, 0.15) is 0 Å². The Morgan fingerprint density at radius 2 is 1.70 bits per heavy atom. The summed E-state index contributed by atoms with van der Waals surface area (Å²) in [7, 11) is 3.41. The third kappa shape index (κ3) is 5.76. The number of nitrogens with zero attached hydrogens (tertiary/aromatic N) is 3. The van der Waals surface area contributed by atoms with Crippen LogP contribution in [0.5, 0.6) is 0 Å². The lowest BCUT2D eigenvalue weighted by atomic mass is 9.65. The van der Waals surface area contributed by atoms with Crippen LogP contribution in [0.25, 0.3) is 11.1 Å². The predicted octanol–water partition coefficient (Wildman–Crippen LogP) is 5.10. The van der Waals surface area contributed by atoms with Crippen molar-refractivity contribution in [2.45, 2.75) is 89.2 Å². The van der Waals surface area contributed by atoms with Gasteiger partial charge in [-0.05, 0) is 37.2 Å². The third-order valence-corrected chi connectivity index (χ3v) is 9.96. The highest BCUT2D eigenvalue weighted by molar-refractivity contribution is 6.00. The molecule has 1 unspecified atom stereocenters. The molecule has 1 atom stereocenters. The van der Waals surface area contributed by atoms with Crippen molar-refractivity contribution in [3.05, 3.63) is 58.5 Å². The fraction of sp³-hybridized carbons (Fsp3) is 0.606. The second kappa shape index (κ2) is 11.9. The molecule has 1 saturated heterocycles. The number of hydrogen-bond acceptors (Lipinski definition) is 4. The van der Waals surface area contributed by atoms with Gasteiger partial charge in [-0.1, -0.05) is 75.3 Å². The molecule has 7 nitrogen and oxygen atoms in total. The lowest BCUT2D eigenvalue weighted by Gasteiger charge is -2.52. The van der Waals surface area contributed by atoms with Crippen molar-refractivity contribution in [3.63, 3.8) is 0 Å². The van der Waals surface area contributed by atoms with E-state index in [1.807, 2.05) is 35.2 Å². The number of piperidine rings is 1. The van der Waals surface area contributed by atoms with E-state index in [0.717, 1.165) is 37.7 Å². The van der Waals surface area contributed by atoms with Gasteiger partial charge in [-0.15, -0.1) is 0 Å². The van der Waals surface area contributed by atoms with Crippen LogP contribution in [0, 0.1) is 11.3 Å². The van der Waals surface area contributed by atoms with E-state index < -0.39 is 11.0 Å². The zero-order chi connectivity index (χ0) is 28.3. The van der Waals surface area contributed by atoms with Gasteiger partial charge in [0.15, 0.2) is 0 Å². The molecule has 1 N–H and O–H groups in total. The Morgan fingerprint density at radius 3 is 2.38 bits per heavy atom. The lowest BCUT2D eigenvalue weighted by molar-refractivity contribution is -0.160. The number of likely N-dealkylation sites (tertiary alicyclic amines) is 1. The van der Waals surface area contributed by atoms with E-state index in [0.29, 0.717) is 43.0 Å². The van der Waals surface area contributed by atoms with Crippen molar-refractivity contribution in [3.8, 4) is 11.1 Å². The van der Waals surface area contributed by atoms with E-state index in [4.69, 9.17) is 0 Å². The Labute approximate surface area is 238 Å². The van der Waals surface area contributed by atoms with Gasteiger partial charge in [-0.25, -0.2) is 0 Å². The number of amides is 2. The summed E-state index contributed by atoms with van der Waals surface area (Å²) >= 11 is 0. The quantitative estimate of drug-likeness (QED) is 0.523. The average Bonchev–Trinajstić information content (AvgIpc) is 3.45. The molecule has 1 aromatic carbocycles. The van der Waals surface area contributed by atoms with E-state index in [9.17, 15) is 19.5 Å².